The summed E-state index contributed by atoms with van der Waals surface area (Å²) in [6, 6.07) is 9.65. The standard InChI is InChI=1S/C33H46BrFN9O7PSi/c1-6-50-52(46,51-7-2)33(21-45,19-30-36-40-42(39-30)22-47-14-15-53(3,4)5)49-20-27-25-12-11-24(18-28(25)44(38-27)31-10-8-9-13-48-31)43-29-17-23(34)16-26(35)32(29)37-41-43/h11-12,16-18,31,45H,6-10,13-15,19-22H2,1-5H3. The number of nitrogens with zero attached hydrogens (tertiary/aromatic N) is 9. The van der Waals surface area contributed by atoms with Crippen molar-refractivity contribution in [2.45, 2.75) is 90.1 Å². The zero-order valence-electron chi connectivity index (χ0n) is 30.6. The smallest absolute Gasteiger partial charge is 0.365 e. The number of hydrogen-bond donors (Lipinski definition) is 1. The van der Waals surface area contributed by atoms with Crippen molar-refractivity contribution in [2.24, 2.45) is 0 Å². The zero-order valence-corrected chi connectivity index (χ0v) is 34.1. The molecule has 0 bridgehead atoms. The summed E-state index contributed by atoms with van der Waals surface area (Å²) in [6.45, 7) is 10.5. The van der Waals surface area contributed by atoms with E-state index in [1.807, 2.05) is 18.2 Å². The second-order valence-electron chi connectivity index (χ2n) is 14.0. The van der Waals surface area contributed by atoms with Gasteiger partial charge in [-0.15, -0.1) is 20.1 Å². The van der Waals surface area contributed by atoms with Crippen LogP contribution in [0.25, 0.3) is 27.6 Å². The maximum absolute atomic E-state index is 14.7. The third-order valence-corrected chi connectivity index (χ3v) is 13.6. The molecule has 20 heteroatoms. The Balaban J connectivity index is 1.34. The summed E-state index contributed by atoms with van der Waals surface area (Å²) in [6.07, 6.45) is 2.03. The van der Waals surface area contributed by atoms with Crippen molar-refractivity contribution in [3.63, 3.8) is 0 Å². The van der Waals surface area contributed by atoms with E-state index >= 15 is 0 Å². The van der Waals surface area contributed by atoms with Crippen molar-refractivity contribution in [3.8, 4) is 5.69 Å². The van der Waals surface area contributed by atoms with Gasteiger partial charge in [-0.25, -0.2) is 13.8 Å². The summed E-state index contributed by atoms with van der Waals surface area (Å²) in [5.74, 6) is -0.333. The van der Waals surface area contributed by atoms with E-state index in [4.69, 9.17) is 28.4 Å². The van der Waals surface area contributed by atoms with E-state index in [0.29, 0.717) is 45.5 Å². The fourth-order valence-electron chi connectivity index (χ4n) is 6.11. The number of fused-ring (bicyclic) bond motifs is 2. The molecule has 0 radical (unpaired) electrons. The average Bonchev–Trinajstić information content (AvgIpc) is 3.86. The van der Waals surface area contributed by atoms with Crippen molar-refractivity contribution >= 4 is 53.5 Å². The molecule has 2 atom stereocenters. The molecule has 1 saturated heterocycles. The van der Waals surface area contributed by atoms with Gasteiger partial charge >= 0.3 is 7.60 Å². The molecule has 1 fully saturated rings. The average molecular weight is 839 g/mol. The SMILES string of the molecule is CCOP(=O)(OCC)C(CO)(Cc1nnn(COCC[Si](C)(C)C)n1)OCc1nn(C2CCCCO2)c2cc(-n3nnc4c(F)cc(Br)cc43)ccc12. The van der Waals surface area contributed by atoms with E-state index in [9.17, 15) is 14.1 Å². The third kappa shape index (κ3) is 8.78. The number of aliphatic hydroxyl groups is 1. The highest BCUT2D eigenvalue weighted by Gasteiger charge is 2.53. The minimum Gasteiger partial charge on any atom is -0.393 e. The minimum absolute atomic E-state index is 0.0320. The Hall–Kier alpha value is -3.00. The van der Waals surface area contributed by atoms with E-state index in [0.717, 1.165) is 25.3 Å². The number of aromatic nitrogens is 9. The lowest BCUT2D eigenvalue weighted by Gasteiger charge is -2.36. The van der Waals surface area contributed by atoms with E-state index in [2.05, 4.69) is 61.3 Å². The maximum atomic E-state index is 14.7. The van der Waals surface area contributed by atoms with Gasteiger partial charge in [0, 0.05) is 31.1 Å². The maximum Gasteiger partial charge on any atom is 0.365 e. The van der Waals surface area contributed by atoms with Crippen molar-refractivity contribution in [3.05, 3.63) is 52.1 Å². The van der Waals surface area contributed by atoms with Crippen molar-refractivity contribution < 1.29 is 37.3 Å². The number of rotatable bonds is 18. The van der Waals surface area contributed by atoms with Crippen LogP contribution in [0.5, 0.6) is 0 Å². The molecule has 53 heavy (non-hydrogen) atoms. The van der Waals surface area contributed by atoms with Crippen molar-refractivity contribution in [1.29, 1.82) is 0 Å². The van der Waals surface area contributed by atoms with Crippen LogP contribution in [0.2, 0.25) is 25.7 Å². The quantitative estimate of drug-likeness (QED) is 0.0585. The summed E-state index contributed by atoms with van der Waals surface area (Å²) in [5, 5.41) is 35.8. The van der Waals surface area contributed by atoms with Crippen LogP contribution in [0, 0.1) is 5.82 Å². The van der Waals surface area contributed by atoms with E-state index in [-0.39, 0.29) is 50.5 Å². The highest BCUT2D eigenvalue weighted by atomic mass is 79.9. The predicted molar refractivity (Wildman–Crippen MR) is 200 cm³/mol. The van der Waals surface area contributed by atoms with Crippen LogP contribution >= 0.6 is 23.5 Å². The number of ether oxygens (including phenoxy) is 3. The lowest BCUT2D eigenvalue weighted by Crippen LogP contribution is -2.41. The summed E-state index contributed by atoms with van der Waals surface area (Å²) >= 11 is 3.37. The van der Waals surface area contributed by atoms with Gasteiger partial charge in [0.2, 0.25) is 0 Å². The fourth-order valence-corrected chi connectivity index (χ4v) is 9.24. The lowest BCUT2D eigenvalue weighted by molar-refractivity contribution is -0.0565. The van der Waals surface area contributed by atoms with Gasteiger partial charge in [-0.1, -0.05) is 40.8 Å². The molecule has 16 nitrogen and oxygen atoms in total. The number of halogens is 2. The highest BCUT2D eigenvalue weighted by molar-refractivity contribution is 9.10. The molecule has 6 rings (SSSR count). The lowest BCUT2D eigenvalue weighted by atomic mass is 10.1. The Bertz CT molecular complexity index is 2060. The molecule has 5 aromatic rings. The molecular weight excluding hydrogens is 792 g/mol. The van der Waals surface area contributed by atoms with Crippen molar-refractivity contribution in [2.75, 3.05) is 33.0 Å². The Labute approximate surface area is 315 Å². The monoisotopic (exact) mass is 837 g/mol. The Morgan fingerprint density at radius 2 is 1.87 bits per heavy atom. The summed E-state index contributed by atoms with van der Waals surface area (Å²) < 4.78 is 63.1. The van der Waals surface area contributed by atoms with Gasteiger partial charge in [0.15, 0.2) is 29.9 Å². The molecule has 0 aliphatic carbocycles. The van der Waals surface area contributed by atoms with Gasteiger partial charge in [-0.2, -0.15) is 5.10 Å². The van der Waals surface area contributed by atoms with Crippen LogP contribution in [-0.4, -0.2) is 96.5 Å². The number of hydrogen-bond acceptors (Lipinski definition) is 13. The number of aliphatic hydroxyl groups excluding tert-OH is 1. The third-order valence-electron chi connectivity index (χ3n) is 8.86. The molecule has 1 aliphatic heterocycles. The van der Waals surface area contributed by atoms with Crippen LogP contribution < -0.4 is 0 Å². The highest BCUT2D eigenvalue weighted by Crippen LogP contribution is 2.61. The molecule has 1 aliphatic rings. The number of benzene rings is 2. The summed E-state index contributed by atoms with van der Waals surface area (Å²) in [4.78, 5) is 1.30. The predicted octanol–water partition coefficient (Wildman–Crippen LogP) is 6.38. The molecule has 0 spiro atoms. The molecule has 0 amide bonds. The van der Waals surface area contributed by atoms with Crippen LogP contribution in [-0.2, 0) is 47.6 Å². The van der Waals surface area contributed by atoms with Gasteiger partial charge < -0.3 is 28.4 Å². The Morgan fingerprint density at radius 1 is 1.08 bits per heavy atom. The molecule has 3 aromatic heterocycles. The van der Waals surface area contributed by atoms with Gasteiger partial charge in [0.05, 0.1) is 55.3 Å². The van der Waals surface area contributed by atoms with Gasteiger partial charge in [0.25, 0.3) is 0 Å². The second-order valence-corrected chi connectivity index (χ2v) is 22.9. The van der Waals surface area contributed by atoms with E-state index in [1.54, 1.807) is 29.3 Å². The van der Waals surface area contributed by atoms with Gasteiger partial charge in [0.1, 0.15) is 5.52 Å². The second kappa shape index (κ2) is 16.8. The molecule has 2 unspecified atom stereocenters. The van der Waals surface area contributed by atoms with E-state index < -0.39 is 33.4 Å². The Morgan fingerprint density at radius 3 is 2.57 bits per heavy atom. The largest absolute Gasteiger partial charge is 0.393 e. The summed E-state index contributed by atoms with van der Waals surface area (Å²) in [7, 11) is -5.46. The fraction of sp³-hybridized carbons (Fsp3) is 0.576. The van der Waals surface area contributed by atoms with Gasteiger partial charge in [-0.3, -0.25) is 4.57 Å². The first-order chi connectivity index (χ1) is 25.4. The summed E-state index contributed by atoms with van der Waals surface area (Å²) in [5.41, 5.74) is 2.45. The van der Waals surface area contributed by atoms with Crippen LogP contribution in [0.4, 0.5) is 4.39 Å². The molecule has 2 aromatic carbocycles. The first-order valence-corrected chi connectivity index (χ1v) is 23.8. The van der Waals surface area contributed by atoms with Crippen LogP contribution in [0.3, 0.4) is 0 Å². The minimum atomic E-state index is -4.18. The topological polar surface area (TPSA) is 176 Å². The molecule has 1 N–H and O–H groups in total. The molecule has 0 saturated carbocycles. The molecule has 4 heterocycles. The normalized spacial score (nSPS) is 16.9. The Kier molecular flexibility index (Phi) is 12.6. The first kappa shape index (κ1) is 39.7. The molecule has 288 valence electrons. The first-order valence-electron chi connectivity index (χ1n) is 17.7. The van der Waals surface area contributed by atoms with Crippen molar-refractivity contribution in [1.82, 2.24) is 45.0 Å². The van der Waals surface area contributed by atoms with E-state index in [1.165, 1.54) is 10.9 Å². The van der Waals surface area contributed by atoms with Crippen LogP contribution in [0.1, 0.15) is 50.9 Å². The van der Waals surface area contributed by atoms with Gasteiger partial charge in [-0.05, 0) is 74.7 Å². The molecular formula is C33H46BrFN9O7PSi. The van der Waals surface area contributed by atoms with Crippen LogP contribution in [0.15, 0.2) is 34.8 Å². The number of tetrazole rings is 1. The zero-order chi connectivity index (χ0) is 37.8.